The number of hydrogen-bond acceptors (Lipinski definition) is 8. The van der Waals surface area contributed by atoms with Gasteiger partial charge in [0.05, 0.1) is 22.4 Å². The molecule has 0 radical (unpaired) electrons. The Labute approximate surface area is 195 Å². The standard InChI is InChI=1S/C23H23BN2O8/c1-2-12-8-17-20(23(29)25(22(17)28)13-4-3-5-14(9-13)26(31)32)16-10-19(34-24(30)21(12)16)18-7-6-15(11-27)33-18/h3-7,9,16-17,19-20,27,30H,2,8,10-11H2,1H3/t16-,17-,19-,20+/m0/s1. The zero-order chi connectivity index (χ0) is 24.1. The maximum absolute atomic E-state index is 13.6. The van der Waals surface area contributed by atoms with Gasteiger partial charge in [-0.25, -0.2) is 4.90 Å². The molecule has 2 aromatic rings. The van der Waals surface area contributed by atoms with E-state index in [1.54, 1.807) is 12.1 Å². The number of nitro groups is 1. The topological polar surface area (TPSA) is 143 Å². The summed E-state index contributed by atoms with van der Waals surface area (Å²) in [5.74, 6) is -1.83. The number of benzene rings is 1. The molecule has 2 aliphatic heterocycles. The van der Waals surface area contributed by atoms with Gasteiger partial charge in [0.1, 0.15) is 24.2 Å². The number of allylic oxidation sites excluding steroid dienone is 2. The minimum atomic E-state index is -1.25. The molecular formula is C23H23BN2O8. The Kier molecular flexibility index (Phi) is 5.63. The van der Waals surface area contributed by atoms with Crippen LogP contribution in [-0.4, -0.2) is 34.0 Å². The normalized spacial score (nSPS) is 26.7. The molecule has 2 saturated heterocycles. The van der Waals surface area contributed by atoms with E-state index in [4.69, 9.17) is 9.07 Å². The fraction of sp³-hybridized carbons (Fsp3) is 0.391. The van der Waals surface area contributed by atoms with Gasteiger partial charge in [-0.3, -0.25) is 19.7 Å². The lowest BCUT2D eigenvalue weighted by Crippen LogP contribution is -2.44. The van der Waals surface area contributed by atoms with E-state index in [0.29, 0.717) is 36.3 Å². The first-order valence-corrected chi connectivity index (χ1v) is 11.2. The lowest BCUT2D eigenvalue weighted by atomic mass is 9.55. The van der Waals surface area contributed by atoms with Gasteiger partial charge in [-0.05, 0) is 48.9 Å². The fourth-order valence-electron chi connectivity index (χ4n) is 5.59. The van der Waals surface area contributed by atoms with Crippen molar-refractivity contribution in [1.29, 1.82) is 0 Å². The van der Waals surface area contributed by atoms with E-state index in [1.807, 2.05) is 6.92 Å². The number of furan rings is 1. The average Bonchev–Trinajstić information content (AvgIpc) is 3.41. The summed E-state index contributed by atoms with van der Waals surface area (Å²) >= 11 is 0. The molecule has 2 fully saturated rings. The van der Waals surface area contributed by atoms with E-state index in [2.05, 4.69) is 0 Å². The van der Waals surface area contributed by atoms with Crippen molar-refractivity contribution in [2.75, 3.05) is 4.90 Å². The number of aliphatic hydroxyl groups excluding tert-OH is 1. The van der Waals surface area contributed by atoms with E-state index in [0.717, 1.165) is 10.5 Å². The molecule has 176 valence electrons. The number of nitrogens with zero attached hydrogens (tertiary/aromatic N) is 2. The van der Waals surface area contributed by atoms with Crippen molar-refractivity contribution in [2.24, 2.45) is 17.8 Å². The third-order valence-electron chi connectivity index (χ3n) is 7.09. The van der Waals surface area contributed by atoms with Crippen molar-refractivity contribution < 1.29 is 33.7 Å². The lowest BCUT2D eigenvalue weighted by molar-refractivity contribution is -0.384. The molecule has 1 aliphatic carbocycles. The summed E-state index contributed by atoms with van der Waals surface area (Å²) < 4.78 is 11.4. The van der Waals surface area contributed by atoms with Crippen LogP contribution < -0.4 is 4.90 Å². The Morgan fingerprint density at radius 1 is 1.21 bits per heavy atom. The maximum Gasteiger partial charge on any atom is 0.487 e. The number of carbonyl (C=O) groups is 2. The fourth-order valence-corrected chi connectivity index (χ4v) is 5.59. The molecule has 0 bridgehead atoms. The highest BCUT2D eigenvalue weighted by atomic mass is 16.6. The van der Waals surface area contributed by atoms with Crippen LogP contribution in [0.15, 0.2) is 51.9 Å². The molecule has 1 aromatic heterocycles. The second-order valence-electron chi connectivity index (χ2n) is 8.82. The van der Waals surface area contributed by atoms with E-state index in [9.17, 15) is 29.8 Å². The van der Waals surface area contributed by atoms with Gasteiger partial charge in [-0.1, -0.05) is 18.6 Å². The number of anilines is 1. The predicted molar refractivity (Wildman–Crippen MR) is 119 cm³/mol. The third-order valence-corrected chi connectivity index (χ3v) is 7.09. The zero-order valence-electron chi connectivity index (χ0n) is 18.4. The van der Waals surface area contributed by atoms with Gasteiger partial charge >= 0.3 is 7.12 Å². The van der Waals surface area contributed by atoms with Crippen molar-refractivity contribution in [3.05, 3.63) is 69.1 Å². The van der Waals surface area contributed by atoms with Gasteiger partial charge in [0.2, 0.25) is 11.8 Å². The van der Waals surface area contributed by atoms with E-state index in [-0.39, 0.29) is 18.0 Å². The number of amides is 2. The summed E-state index contributed by atoms with van der Waals surface area (Å²) in [7, 11) is -1.25. The molecule has 11 heteroatoms. The van der Waals surface area contributed by atoms with Crippen molar-refractivity contribution in [2.45, 2.75) is 38.9 Å². The summed E-state index contributed by atoms with van der Waals surface area (Å²) in [6, 6.07) is 8.77. The summed E-state index contributed by atoms with van der Waals surface area (Å²) in [6.07, 6.45) is 0.574. The van der Waals surface area contributed by atoms with Crippen LogP contribution in [0, 0.1) is 27.9 Å². The Hall–Kier alpha value is -3.28. The molecule has 5 rings (SSSR count). The summed E-state index contributed by atoms with van der Waals surface area (Å²) in [6.45, 7) is 1.65. The Morgan fingerprint density at radius 2 is 2.00 bits per heavy atom. The number of rotatable bonds is 5. The van der Waals surface area contributed by atoms with E-state index < -0.39 is 47.7 Å². The molecule has 0 spiro atoms. The minimum absolute atomic E-state index is 0.168. The van der Waals surface area contributed by atoms with Gasteiger partial charge in [-0.2, -0.15) is 0 Å². The van der Waals surface area contributed by atoms with Crippen LogP contribution in [0.5, 0.6) is 0 Å². The van der Waals surface area contributed by atoms with Crippen LogP contribution in [0.4, 0.5) is 11.4 Å². The first-order valence-electron chi connectivity index (χ1n) is 11.2. The van der Waals surface area contributed by atoms with Crippen LogP contribution in [-0.2, 0) is 20.9 Å². The van der Waals surface area contributed by atoms with Crippen molar-refractivity contribution in [3.63, 3.8) is 0 Å². The second kappa shape index (κ2) is 8.50. The smallest absolute Gasteiger partial charge is 0.461 e. The largest absolute Gasteiger partial charge is 0.487 e. The van der Waals surface area contributed by atoms with E-state index >= 15 is 0 Å². The zero-order valence-corrected chi connectivity index (χ0v) is 18.4. The Bertz CT molecular complexity index is 1210. The van der Waals surface area contributed by atoms with Crippen molar-refractivity contribution >= 4 is 30.3 Å². The molecule has 3 heterocycles. The van der Waals surface area contributed by atoms with Crippen LogP contribution in [0.1, 0.15) is 43.8 Å². The lowest BCUT2D eigenvalue weighted by Gasteiger charge is -2.41. The predicted octanol–water partition coefficient (Wildman–Crippen LogP) is 2.69. The number of hydrogen-bond donors (Lipinski definition) is 2. The second-order valence-corrected chi connectivity index (χ2v) is 8.82. The monoisotopic (exact) mass is 466 g/mol. The molecule has 0 saturated carbocycles. The van der Waals surface area contributed by atoms with Gasteiger partial charge in [0, 0.05) is 12.1 Å². The first kappa shape index (κ1) is 22.5. The van der Waals surface area contributed by atoms with Crippen LogP contribution in [0.2, 0.25) is 0 Å². The molecule has 2 N–H and O–H groups in total. The highest BCUT2D eigenvalue weighted by molar-refractivity contribution is 6.53. The quantitative estimate of drug-likeness (QED) is 0.296. The number of fused-ring (bicyclic) bond motifs is 3. The summed E-state index contributed by atoms with van der Waals surface area (Å²) in [4.78, 5) is 38.7. The first-order chi connectivity index (χ1) is 16.3. The minimum Gasteiger partial charge on any atom is -0.461 e. The van der Waals surface area contributed by atoms with Crippen LogP contribution >= 0.6 is 0 Å². The van der Waals surface area contributed by atoms with Gasteiger partial charge in [0.25, 0.3) is 5.69 Å². The molecule has 2 amide bonds. The number of non-ortho nitro benzene ring substituents is 1. The van der Waals surface area contributed by atoms with Crippen molar-refractivity contribution in [1.82, 2.24) is 0 Å². The third kappa shape index (κ3) is 3.47. The van der Waals surface area contributed by atoms with Gasteiger partial charge in [-0.15, -0.1) is 0 Å². The maximum atomic E-state index is 13.6. The number of imide groups is 1. The molecular weight excluding hydrogens is 443 g/mol. The highest BCUT2D eigenvalue weighted by Crippen LogP contribution is 2.52. The highest BCUT2D eigenvalue weighted by Gasteiger charge is 2.58. The molecule has 4 atom stereocenters. The SMILES string of the molecule is CCC1=C2B(O)O[C@H](c3ccc(CO)o3)C[C@H]2[C@H]2C(=O)N(c3cccc([N+](=O)[O-])c3)C(=O)[C@H]2C1. The summed E-state index contributed by atoms with van der Waals surface area (Å²) in [5, 5.41) is 31.4. The molecule has 3 aliphatic rings. The number of aliphatic hydroxyl groups is 1. The molecule has 0 unspecified atom stereocenters. The van der Waals surface area contributed by atoms with Crippen LogP contribution in [0.25, 0.3) is 0 Å². The average molecular weight is 466 g/mol. The number of nitro benzene ring substituents is 1. The molecule has 10 nitrogen and oxygen atoms in total. The number of carbonyl (C=O) groups excluding carboxylic acids is 2. The van der Waals surface area contributed by atoms with E-state index in [1.165, 1.54) is 24.3 Å². The van der Waals surface area contributed by atoms with Crippen molar-refractivity contribution in [3.8, 4) is 0 Å². The summed E-state index contributed by atoms with van der Waals surface area (Å²) in [5.41, 5.74) is 1.48. The Morgan fingerprint density at radius 3 is 2.68 bits per heavy atom. The Balaban J connectivity index is 1.52. The van der Waals surface area contributed by atoms with Crippen LogP contribution in [0.3, 0.4) is 0 Å². The molecule has 34 heavy (non-hydrogen) atoms. The van der Waals surface area contributed by atoms with Gasteiger partial charge < -0.3 is 19.2 Å². The molecule has 1 aromatic carbocycles. The van der Waals surface area contributed by atoms with Gasteiger partial charge in [0.15, 0.2) is 0 Å².